The van der Waals surface area contributed by atoms with Crippen LogP contribution in [0.25, 0.3) is 0 Å². The lowest BCUT2D eigenvalue weighted by molar-refractivity contribution is -0.122. The van der Waals surface area contributed by atoms with Crippen LogP contribution in [-0.4, -0.2) is 25.1 Å². The molecule has 0 aliphatic carbocycles. The van der Waals surface area contributed by atoms with Crippen LogP contribution in [-0.2, 0) is 9.53 Å². The van der Waals surface area contributed by atoms with E-state index in [2.05, 4.69) is 19.2 Å². The highest BCUT2D eigenvalue weighted by atomic mass is 32.1. The summed E-state index contributed by atoms with van der Waals surface area (Å²) in [5.41, 5.74) is 1.48. The number of hydrogen-bond acceptors (Lipinski definition) is 5. The number of ether oxygens (including phenoxy) is 2. The fourth-order valence-electron chi connectivity index (χ4n) is 2.20. The van der Waals surface area contributed by atoms with Gasteiger partial charge in [0.25, 0.3) is 5.91 Å². The molecule has 0 spiro atoms. The second kappa shape index (κ2) is 7.97. The standard InChI is InChI=1S/C18H21NO4S/c1-11(2)13-7-5-6-8-15(13)23-12(3)17(20)19-14-9-10-24-16(14)18(21)22-4/h5-12H,1-4H3,(H,19,20). The van der Waals surface area contributed by atoms with Crippen molar-refractivity contribution >= 4 is 28.9 Å². The summed E-state index contributed by atoms with van der Waals surface area (Å²) in [6.07, 6.45) is -0.699. The Labute approximate surface area is 145 Å². The number of nitrogens with one attached hydrogen (secondary N) is 1. The molecule has 1 aromatic carbocycles. The van der Waals surface area contributed by atoms with E-state index < -0.39 is 12.1 Å². The zero-order chi connectivity index (χ0) is 17.7. The summed E-state index contributed by atoms with van der Waals surface area (Å²) in [7, 11) is 1.31. The van der Waals surface area contributed by atoms with Crippen molar-refractivity contribution in [2.75, 3.05) is 12.4 Å². The zero-order valence-corrected chi connectivity index (χ0v) is 15.0. The minimum Gasteiger partial charge on any atom is -0.481 e. The summed E-state index contributed by atoms with van der Waals surface area (Å²) in [6.45, 7) is 5.82. The van der Waals surface area contributed by atoms with E-state index in [1.54, 1.807) is 18.4 Å². The first-order valence-corrected chi connectivity index (χ1v) is 8.54. The van der Waals surface area contributed by atoms with Gasteiger partial charge in [-0.2, -0.15) is 0 Å². The molecule has 0 saturated heterocycles. The van der Waals surface area contributed by atoms with Crippen LogP contribution in [0.15, 0.2) is 35.7 Å². The fourth-order valence-corrected chi connectivity index (χ4v) is 2.97. The van der Waals surface area contributed by atoms with Crippen LogP contribution in [0, 0.1) is 0 Å². The van der Waals surface area contributed by atoms with Gasteiger partial charge in [0.2, 0.25) is 0 Å². The van der Waals surface area contributed by atoms with Gasteiger partial charge in [-0.1, -0.05) is 32.0 Å². The normalized spacial score (nSPS) is 11.9. The van der Waals surface area contributed by atoms with Gasteiger partial charge >= 0.3 is 5.97 Å². The number of methoxy groups -OCH3 is 1. The summed E-state index contributed by atoms with van der Waals surface area (Å²) in [5, 5.41) is 4.44. The van der Waals surface area contributed by atoms with Gasteiger partial charge in [0, 0.05) is 0 Å². The molecule has 6 heteroatoms. The Morgan fingerprint density at radius 2 is 1.83 bits per heavy atom. The molecule has 24 heavy (non-hydrogen) atoms. The average molecular weight is 347 g/mol. The van der Waals surface area contributed by atoms with Crippen molar-refractivity contribution < 1.29 is 19.1 Å². The van der Waals surface area contributed by atoms with Crippen LogP contribution in [0.3, 0.4) is 0 Å². The van der Waals surface area contributed by atoms with Crippen LogP contribution in [0.4, 0.5) is 5.69 Å². The second-order valence-corrected chi connectivity index (χ2v) is 6.51. The molecule has 0 radical (unpaired) electrons. The molecule has 1 heterocycles. The third-order valence-corrected chi connectivity index (χ3v) is 4.40. The second-order valence-electron chi connectivity index (χ2n) is 5.60. The summed E-state index contributed by atoms with van der Waals surface area (Å²) < 4.78 is 10.5. The maximum atomic E-state index is 12.4. The summed E-state index contributed by atoms with van der Waals surface area (Å²) >= 11 is 1.22. The van der Waals surface area contributed by atoms with Crippen LogP contribution in [0.1, 0.15) is 41.9 Å². The molecule has 0 bridgehead atoms. The van der Waals surface area contributed by atoms with Crippen molar-refractivity contribution in [3.8, 4) is 5.75 Å². The number of thiophene rings is 1. The highest BCUT2D eigenvalue weighted by Gasteiger charge is 2.21. The monoisotopic (exact) mass is 347 g/mol. The van der Waals surface area contributed by atoms with Crippen molar-refractivity contribution in [3.63, 3.8) is 0 Å². The topological polar surface area (TPSA) is 64.6 Å². The van der Waals surface area contributed by atoms with E-state index in [1.807, 2.05) is 24.3 Å². The van der Waals surface area contributed by atoms with E-state index >= 15 is 0 Å². The predicted molar refractivity (Wildman–Crippen MR) is 94.9 cm³/mol. The van der Waals surface area contributed by atoms with Crippen molar-refractivity contribution in [1.82, 2.24) is 0 Å². The number of benzene rings is 1. The highest BCUT2D eigenvalue weighted by molar-refractivity contribution is 7.12. The van der Waals surface area contributed by atoms with E-state index in [9.17, 15) is 9.59 Å². The Hall–Kier alpha value is -2.34. The van der Waals surface area contributed by atoms with Crippen molar-refractivity contribution in [2.24, 2.45) is 0 Å². The lowest BCUT2D eigenvalue weighted by Gasteiger charge is -2.18. The largest absolute Gasteiger partial charge is 0.481 e. The van der Waals surface area contributed by atoms with Crippen LogP contribution in [0.5, 0.6) is 5.75 Å². The van der Waals surface area contributed by atoms with Gasteiger partial charge in [0.05, 0.1) is 12.8 Å². The molecule has 0 fully saturated rings. The van der Waals surface area contributed by atoms with Crippen LogP contribution in [0.2, 0.25) is 0 Å². The third kappa shape index (κ3) is 4.14. The molecule has 0 saturated carbocycles. The van der Waals surface area contributed by atoms with Crippen LogP contribution >= 0.6 is 11.3 Å². The van der Waals surface area contributed by atoms with Gasteiger partial charge in [-0.05, 0) is 35.9 Å². The number of rotatable bonds is 6. The molecule has 2 rings (SSSR count). The molecule has 1 N–H and O–H groups in total. The third-order valence-electron chi connectivity index (χ3n) is 3.51. The van der Waals surface area contributed by atoms with E-state index in [0.29, 0.717) is 22.2 Å². The Kier molecular flexibility index (Phi) is 5.98. The molecule has 1 atom stereocenters. The van der Waals surface area contributed by atoms with E-state index in [-0.39, 0.29) is 5.91 Å². The number of carbonyl (C=O) groups excluding carboxylic acids is 2. The predicted octanol–water partition coefficient (Wildman–Crippen LogP) is 4.06. The minimum atomic E-state index is -0.699. The molecule has 1 amide bonds. The molecule has 5 nitrogen and oxygen atoms in total. The molecule has 128 valence electrons. The molecule has 1 aromatic heterocycles. The highest BCUT2D eigenvalue weighted by Crippen LogP contribution is 2.27. The molecule has 0 aliphatic heterocycles. The molecule has 1 unspecified atom stereocenters. The minimum absolute atomic E-state index is 0.291. The van der Waals surface area contributed by atoms with Crippen LogP contribution < -0.4 is 10.1 Å². The molecular formula is C18H21NO4S. The summed E-state index contributed by atoms with van der Waals surface area (Å²) in [5.74, 6) is 0.184. The Morgan fingerprint density at radius 1 is 1.12 bits per heavy atom. The Balaban J connectivity index is 2.09. The summed E-state index contributed by atoms with van der Waals surface area (Å²) in [6, 6.07) is 9.33. The van der Waals surface area contributed by atoms with E-state index in [4.69, 9.17) is 9.47 Å². The van der Waals surface area contributed by atoms with Gasteiger partial charge < -0.3 is 14.8 Å². The van der Waals surface area contributed by atoms with Crippen molar-refractivity contribution in [2.45, 2.75) is 32.8 Å². The quantitative estimate of drug-likeness (QED) is 0.800. The van der Waals surface area contributed by atoms with Gasteiger partial charge in [0.15, 0.2) is 6.10 Å². The van der Waals surface area contributed by atoms with Gasteiger partial charge in [-0.3, -0.25) is 4.79 Å². The molecular weight excluding hydrogens is 326 g/mol. The molecule has 0 aliphatic rings. The average Bonchev–Trinajstić information content (AvgIpc) is 3.02. The van der Waals surface area contributed by atoms with Gasteiger partial charge in [-0.25, -0.2) is 4.79 Å². The number of carbonyl (C=O) groups is 2. The lowest BCUT2D eigenvalue weighted by atomic mass is 10.0. The SMILES string of the molecule is COC(=O)c1sccc1NC(=O)C(C)Oc1ccccc1C(C)C. The number of anilines is 1. The first kappa shape index (κ1) is 18.0. The van der Waals surface area contributed by atoms with E-state index in [1.165, 1.54) is 18.4 Å². The smallest absolute Gasteiger partial charge is 0.350 e. The Bertz CT molecular complexity index is 723. The fraction of sp³-hybridized carbons (Fsp3) is 0.333. The van der Waals surface area contributed by atoms with E-state index in [0.717, 1.165) is 5.56 Å². The first-order valence-electron chi connectivity index (χ1n) is 7.66. The number of hydrogen-bond donors (Lipinski definition) is 1. The van der Waals surface area contributed by atoms with Gasteiger partial charge in [-0.15, -0.1) is 11.3 Å². The van der Waals surface area contributed by atoms with Crippen molar-refractivity contribution in [3.05, 3.63) is 46.2 Å². The first-order chi connectivity index (χ1) is 11.4. The lowest BCUT2D eigenvalue weighted by Crippen LogP contribution is -2.30. The number of amides is 1. The van der Waals surface area contributed by atoms with Crippen molar-refractivity contribution in [1.29, 1.82) is 0 Å². The van der Waals surface area contributed by atoms with Gasteiger partial charge in [0.1, 0.15) is 10.6 Å². The maximum Gasteiger partial charge on any atom is 0.350 e. The molecule has 2 aromatic rings. The number of esters is 1. The zero-order valence-electron chi connectivity index (χ0n) is 14.2. The maximum absolute atomic E-state index is 12.4. The Morgan fingerprint density at radius 3 is 2.50 bits per heavy atom. The summed E-state index contributed by atoms with van der Waals surface area (Å²) in [4.78, 5) is 24.4. The number of para-hydroxylation sites is 1.